The maximum absolute atomic E-state index is 13.0. The van der Waals surface area contributed by atoms with Gasteiger partial charge in [0.15, 0.2) is 0 Å². The molecule has 1 atom stereocenters. The highest BCUT2D eigenvalue weighted by molar-refractivity contribution is 6.11. The van der Waals surface area contributed by atoms with Crippen LogP contribution in [0.1, 0.15) is 52.0 Å². The summed E-state index contributed by atoms with van der Waals surface area (Å²) in [7, 11) is 1.91. The fraction of sp³-hybridized carbons (Fsp3) is 0.400. The lowest BCUT2D eigenvalue weighted by Gasteiger charge is -2.29. The molecule has 6 heteroatoms. The number of anilines is 1. The van der Waals surface area contributed by atoms with Crippen molar-refractivity contribution in [3.05, 3.63) is 52.7 Å². The maximum Gasteiger partial charge on any atom is 0.258 e. The number of aromatic amines is 1. The van der Waals surface area contributed by atoms with Crippen molar-refractivity contribution >= 4 is 27.5 Å². The molecule has 0 aliphatic heterocycles. The minimum atomic E-state index is -0.0874. The van der Waals surface area contributed by atoms with Gasteiger partial charge in [-0.25, -0.2) is 4.98 Å². The topological polar surface area (TPSA) is 75.6 Å². The van der Waals surface area contributed by atoms with E-state index in [-0.39, 0.29) is 17.0 Å². The second-order valence-electron chi connectivity index (χ2n) is 9.93. The van der Waals surface area contributed by atoms with E-state index in [1.165, 1.54) is 0 Å². The number of aromatic nitrogens is 4. The SMILES string of the molecule is CC(Nc1nc2c(C3CC3)c[nH]c(=O)c2c2cc(-c3cnn(C)c3)ccc12)C(C)(C)C. The number of nitrogens with one attached hydrogen (secondary N) is 2. The van der Waals surface area contributed by atoms with Crippen LogP contribution in [0.2, 0.25) is 0 Å². The van der Waals surface area contributed by atoms with Crippen molar-refractivity contribution in [3.63, 3.8) is 0 Å². The molecule has 5 rings (SSSR count). The van der Waals surface area contributed by atoms with Crippen LogP contribution >= 0.6 is 0 Å². The van der Waals surface area contributed by atoms with Crippen molar-refractivity contribution in [1.29, 1.82) is 0 Å². The first-order chi connectivity index (χ1) is 14.7. The average Bonchev–Trinajstić information content (AvgIpc) is 3.46. The van der Waals surface area contributed by atoms with Crippen LogP contribution in [0.5, 0.6) is 0 Å². The highest BCUT2D eigenvalue weighted by atomic mass is 16.1. The Balaban J connectivity index is 1.81. The van der Waals surface area contributed by atoms with E-state index < -0.39 is 0 Å². The number of benzene rings is 1. The van der Waals surface area contributed by atoms with Gasteiger partial charge in [0.2, 0.25) is 0 Å². The third-order valence-corrected chi connectivity index (χ3v) is 6.57. The number of hydrogen-bond donors (Lipinski definition) is 2. The number of H-pyrrole nitrogens is 1. The molecule has 0 amide bonds. The van der Waals surface area contributed by atoms with Crippen molar-refractivity contribution in [1.82, 2.24) is 19.7 Å². The molecule has 1 unspecified atom stereocenters. The smallest absolute Gasteiger partial charge is 0.258 e. The zero-order valence-electron chi connectivity index (χ0n) is 18.8. The molecule has 1 aliphatic carbocycles. The highest BCUT2D eigenvalue weighted by Gasteiger charge is 2.28. The first-order valence-corrected chi connectivity index (χ1v) is 11.0. The maximum atomic E-state index is 13.0. The van der Waals surface area contributed by atoms with Gasteiger partial charge < -0.3 is 10.3 Å². The minimum absolute atomic E-state index is 0.0755. The predicted molar refractivity (Wildman–Crippen MR) is 127 cm³/mol. The molecule has 1 saturated carbocycles. The van der Waals surface area contributed by atoms with Gasteiger partial charge in [0.25, 0.3) is 5.56 Å². The monoisotopic (exact) mass is 415 g/mol. The van der Waals surface area contributed by atoms with Crippen LogP contribution in [0, 0.1) is 5.41 Å². The zero-order valence-corrected chi connectivity index (χ0v) is 18.8. The fourth-order valence-electron chi connectivity index (χ4n) is 4.02. The van der Waals surface area contributed by atoms with Crippen LogP contribution in [-0.2, 0) is 7.05 Å². The average molecular weight is 416 g/mol. The molecule has 2 N–H and O–H groups in total. The van der Waals surface area contributed by atoms with E-state index in [0.29, 0.717) is 11.3 Å². The van der Waals surface area contributed by atoms with Gasteiger partial charge in [-0.1, -0.05) is 32.9 Å². The standard InChI is InChI=1S/C25H29N5O/c1-14(25(2,3)4)28-23-18-9-8-16(17-11-27-30(5)13-17)10-19(18)21-22(29-23)20(15-6-7-15)12-26-24(21)31/h8-15H,6-7H2,1-5H3,(H,26,31)(H,28,29). The van der Waals surface area contributed by atoms with Crippen molar-refractivity contribution in [2.45, 2.75) is 52.5 Å². The molecular weight excluding hydrogens is 386 g/mol. The summed E-state index contributed by atoms with van der Waals surface area (Å²) in [5, 5.41) is 10.5. The lowest BCUT2D eigenvalue weighted by molar-refractivity contribution is 0.359. The molecular formula is C25H29N5O. The third-order valence-electron chi connectivity index (χ3n) is 6.57. The number of pyridine rings is 2. The Labute approximate surface area is 181 Å². The molecule has 31 heavy (non-hydrogen) atoms. The van der Waals surface area contributed by atoms with Crippen LogP contribution in [0.4, 0.5) is 5.82 Å². The van der Waals surface area contributed by atoms with Gasteiger partial charge in [-0.2, -0.15) is 5.10 Å². The van der Waals surface area contributed by atoms with E-state index >= 15 is 0 Å². The molecule has 0 saturated heterocycles. The number of rotatable bonds is 4. The second kappa shape index (κ2) is 6.94. The molecule has 1 aliphatic rings. The van der Waals surface area contributed by atoms with E-state index in [1.807, 2.05) is 25.6 Å². The van der Waals surface area contributed by atoms with Gasteiger partial charge in [0.05, 0.1) is 17.1 Å². The third kappa shape index (κ3) is 3.50. The number of nitrogens with zero attached hydrogens (tertiary/aromatic N) is 3. The lowest BCUT2D eigenvalue weighted by Crippen LogP contribution is -2.31. The fourth-order valence-corrected chi connectivity index (χ4v) is 4.02. The number of hydrogen-bond acceptors (Lipinski definition) is 4. The molecule has 3 aromatic heterocycles. The Morgan fingerprint density at radius 3 is 2.61 bits per heavy atom. The highest BCUT2D eigenvalue weighted by Crippen LogP contribution is 2.43. The predicted octanol–water partition coefficient (Wildman–Crippen LogP) is 5.20. The lowest BCUT2D eigenvalue weighted by atomic mass is 9.88. The van der Waals surface area contributed by atoms with Crippen LogP contribution < -0.4 is 10.9 Å². The summed E-state index contributed by atoms with van der Waals surface area (Å²) in [6.07, 6.45) is 8.01. The van der Waals surface area contributed by atoms with E-state index in [4.69, 9.17) is 4.98 Å². The normalized spacial score (nSPS) is 15.5. The van der Waals surface area contributed by atoms with Gasteiger partial charge >= 0.3 is 0 Å². The van der Waals surface area contributed by atoms with Crippen molar-refractivity contribution in [2.24, 2.45) is 12.5 Å². The van der Waals surface area contributed by atoms with Crippen molar-refractivity contribution in [2.75, 3.05) is 5.32 Å². The Morgan fingerprint density at radius 1 is 1.19 bits per heavy atom. The quantitative estimate of drug-likeness (QED) is 0.449. The Morgan fingerprint density at radius 2 is 1.97 bits per heavy atom. The van der Waals surface area contributed by atoms with Crippen molar-refractivity contribution < 1.29 is 0 Å². The minimum Gasteiger partial charge on any atom is -0.367 e. The first kappa shape index (κ1) is 19.8. The Kier molecular flexibility index (Phi) is 4.43. The molecule has 0 spiro atoms. The number of fused-ring (bicyclic) bond motifs is 3. The number of aryl methyl sites for hydroxylation is 1. The molecule has 4 aromatic rings. The van der Waals surface area contributed by atoms with Gasteiger partial charge in [-0.05, 0) is 48.3 Å². The zero-order chi connectivity index (χ0) is 21.9. The molecule has 0 bridgehead atoms. The summed E-state index contributed by atoms with van der Waals surface area (Å²) < 4.78 is 1.79. The summed E-state index contributed by atoms with van der Waals surface area (Å²) in [6.45, 7) is 8.83. The second-order valence-corrected chi connectivity index (χ2v) is 9.93. The molecule has 1 aromatic carbocycles. The van der Waals surface area contributed by atoms with Gasteiger partial charge in [0, 0.05) is 41.8 Å². The molecule has 160 valence electrons. The van der Waals surface area contributed by atoms with Gasteiger partial charge in [0.1, 0.15) is 5.82 Å². The van der Waals surface area contributed by atoms with Gasteiger partial charge in [-0.3, -0.25) is 9.48 Å². The molecule has 1 fully saturated rings. The summed E-state index contributed by atoms with van der Waals surface area (Å²) in [4.78, 5) is 21.0. The van der Waals surface area contributed by atoms with Crippen LogP contribution in [-0.4, -0.2) is 25.8 Å². The summed E-state index contributed by atoms with van der Waals surface area (Å²) in [6, 6.07) is 6.48. The summed E-state index contributed by atoms with van der Waals surface area (Å²) in [5.74, 6) is 1.33. The van der Waals surface area contributed by atoms with Crippen LogP contribution in [0.3, 0.4) is 0 Å². The largest absolute Gasteiger partial charge is 0.367 e. The Bertz CT molecular complexity index is 1350. The van der Waals surface area contributed by atoms with E-state index in [9.17, 15) is 4.79 Å². The van der Waals surface area contributed by atoms with Gasteiger partial charge in [-0.15, -0.1) is 0 Å². The van der Waals surface area contributed by atoms with Crippen molar-refractivity contribution in [3.8, 4) is 11.1 Å². The van der Waals surface area contributed by atoms with E-state index in [2.05, 4.69) is 61.3 Å². The molecule has 3 heterocycles. The molecule has 6 nitrogen and oxygen atoms in total. The summed E-state index contributed by atoms with van der Waals surface area (Å²) in [5.41, 5.74) is 4.03. The Hall–Kier alpha value is -3.15. The molecule has 0 radical (unpaired) electrons. The summed E-state index contributed by atoms with van der Waals surface area (Å²) >= 11 is 0. The van der Waals surface area contributed by atoms with Crippen LogP contribution in [0.25, 0.3) is 32.8 Å². The first-order valence-electron chi connectivity index (χ1n) is 11.0. The van der Waals surface area contributed by atoms with E-state index in [1.54, 1.807) is 4.68 Å². The van der Waals surface area contributed by atoms with Crippen LogP contribution in [0.15, 0.2) is 41.6 Å². The van der Waals surface area contributed by atoms with E-state index in [0.717, 1.165) is 51.6 Å².